The van der Waals surface area contributed by atoms with Crippen molar-refractivity contribution in [1.82, 2.24) is 15.0 Å². The largest absolute Gasteiger partial charge is 0.237 e. The fraction of sp³-hybridized carbons (Fsp3) is 0. The zero-order chi connectivity index (χ0) is 45.1. The van der Waals surface area contributed by atoms with E-state index >= 15 is 0 Å². The summed E-state index contributed by atoms with van der Waals surface area (Å²) >= 11 is 0. The standard InChI is InChI=1S/C64H38N4/c1-65-59-25-11-21-52(48-18-7-17-47(38-48)40-26-28-42(29-27-40)51-20-10-22-53-50-19-6-5-12-41(50)34-36-54(51)53)61(59)44-30-32-46(33-31-44)63-66-62(45-13-3-2-4-14-45)67-64(68-63)49-35-37-55-56-23-8-15-43-16-9-24-57(60(43)56)58(55)39-49/h2-39H. The molecule has 1 aliphatic rings. The van der Waals surface area contributed by atoms with Gasteiger partial charge < -0.3 is 0 Å². The predicted octanol–water partition coefficient (Wildman–Crippen LogP) is 17.2. The van der Waals surface area contributed by atoms with Gasteiger partial charge in [0.15, 0.2) is 23.2 Å². The quantitative estimate of drug-likeness (QED) is 0.118. The molecule has 4 heteroatoms. The Balaban J connectivity index is 0.845. The van der Waals surface area contributed by atoms with Gasteiger partial charge in [0.2, 0.25) is 0 Å². The van der Waals surface area contributed by atoms with Crippen molar-refractivity contribution < 1.29 is 0 Å². The second-order valence-corrected chi connectivity index (χ2v) is 17.4. The minimum atomic E-state index is 0.581. The number of fused-ring (bicyclic) bond motifs is 6. The topological polar surface area (TPSA) is 43.0 Å². The van der Waals surface area contributed by atoms with Gasteiger partial charge in [-0.3, -0.25) is 0 Å². The van der Waals surface area contributed by atoms with E-state index in [1.807, 2.05) is 42.5 Å². The molecular weight excluding hydrogens is 825 g/mol. The van der Waals surface area contributed by atoms with Crippen molar-refractivity contribution >= 4 is 38.0 Å². The lowest BCUT2D eigenvalue weighted by molar-refractivity contribution is 1.07. The summed E-state index contributed by atoms with van der Waals surface area (Å²) in [6, 6.07) is 81.1. The average Bonchev–Trinajstić information content (AvgIpc) is 3.74. The first-order valence-electron chi connectivity index (χ1n) is 22.9. The van der Waals surface area contributed by atoms with Gasteiger partial charge in [-0.2, -0.15) is 0 Å². The highest BCUT2D eigenvalue weighted by Crippen LogP contribution is 2.48. The van der Waals surface area contributed by atoms with Crippen LogP contribution < -0.4 is 0 Å². The number of rotatable bonds is 7. The summed E-state index contributed by atoms with van der Waals surface area (Å²) < 4.78 is 0. The molecule has 0 bridgehead atoms. The molecule has 0 saturated heterocycles. The van der Waals surface area contributed by atoms with E-state index in [2.05, 4.69) is 193 Å². The van der Waals surface area contributed by atoms with Gasteiger partial charge in [-0.15, -0.1) is 0 Å². The van der Waals surface area contributed by atoms with Crippen LogP contribution in [-0.2, 0) is 0 Å². The highest BCUT2D eigenvalue weighted by atomic mass is 15.0. The molecule has 0 radical (unpaired) electrons. The molecule has 0 unspecified atom stereocenters. The summed E-state index contributed by atoms with van der Waals surface area (Å²) in [6.45, 7) is 8.25. The zero-order valence-corrected chi connectivity index (χ0v) is 36.7. The number of aromatic nitrogens is 3. The monoisotopic (exact) mass is 862 g/mol. The van der Waals surface area contributed by atoms with Crippen molar-refractivity contribution in [3.63, 3.8) is 0 Å². The number of hydrogen-bond donors (Lipinski definition) is 0. The third kappa shape index (κ3) is 6.56. The normalized spacial score (nSPS) is 11.5. The van der Waals surface area contributed by atoms with Gasteiger partial charge in [0.05, 0.1) is 6.57 Å². The van der Waals surface area contributed by atoms with Gasteiger partial charge in [-0.05, 0) is 111 Å². The summed E-state index contributed by atoms with van der Waals surface area (Å²) in [5.74, 6) is 1.80. The van der Waals surface area contributed by atoms with Gasteiger partial charge in [0.1, 0.15) is 0 Å². The van der Waals surface area contributed by atoms with E-state index in [1.165, 1.54) is 65.7 Å². The Morgan fingerprint density at radius 1 is 0.279 bits per heavy atom. The van der Waals surface area contributed by atoms with Gasteiger partial charge in [-0.1, -0.05) is 218 Å². The Hall–Kier alpha value is -9.30. The highest BCUT2D eigenvalue weighted by Gasteiger charge is 2.23. The Kier molecular flexibility index (Phi) is 9.20. The van der Waals surface area contributed by atoms with Crippen LogP contribution in [0.1, 0.15) is 0 Å². The molecule has 314 valence electrons. The summed E-state index contributed by atoms with van der Waals surface area (Å²) in [5.41, 5.74) is 16.7. The summed E-state index contributed by atoms with van der Waals surface area (Å²) in [5, 5.41) is 7.55. The predicted molar refractivity (Wildman–Crippen MR) is 281 cm³/mol. The van der Waals surface area contributed by atoms with E-state index < -0.39 is 0 Å². The summed E-state index contributed by atoms with van der Waals surface area (Å²) in [7, 11) is 0. The molecule has 0 fully saturated rings. The van der Waals surface area contributed by atoms with Crippen LogP contribution in [0, 0.1) is 6.57 Å². The lowest BCUT2D eigenvalue weighted by atomic mass is 9.90. The van der Waals surface area contributed by atoms with Gasteiger partial charge in [0, 0.05) is 16.7 Å². The number of benzene rings is 11. The molecule has 12 aromatic rings. The molecule has 4 nitrogen and oxygen atoms in total. The van der Waals surface area contributed by atoms with Crippen molar-refractivity contribution in [3.8, 4) is 101 Å². The number of hydrogen-bond acceptors (Lipinski definition) is 3. The molecular formula is C64H38N4. The smallest absolute Gasteiger partial charge is 0.195 e. The molecule has 13 rings (SSSR count). The molecule has 0 N–H and O–H groups in total. The zero-order valence-electron chi connectivity index (χ0n) is 36.7. The summed E-state index contributed by atoms with van der Waals surface area (Å²) in [4.78, 5) is 19.3. The Morgan fingerprint density at radius 2 is 0.824 bits per heavy atom. The third-order valence-electron chi connectivity index (χ3n) is 13.5. The van der Waals surface area contributed by atoms with E-state index in [0.29, 0.717) is 23.2 Å². The van der Waals surface area contributed by atoms with Crippen LogP contribution in [0.2, 0.25) is 0 Å². The molecule has 0 spiro atoms. The van der Waals surface area contributed by atoms with E-state index in [-0.39, 0.29) is 0 Å². The third-order valence-corrected chi connectivity index (χ3v) is 13.5. The van der Waals surface area contributed by atoms with Crippen molar-refractivity contribution in [2.75, 3.05) is 0 Å². The first-order valence-corrected chi connectivity index (χ1v) is 22.9. The fourth-order valence-corrected chi connectivity index (χ4v) is 10.2. The van der Waals surface area contributed by atoms with Crippen LogP contribution in [0.25, 0.3) is 138 Å². The maximum atomic E-state index is 8.25. The van der Waals surface area contributed by atoms with Crippen LogP contribution >= 0.6 is 0 Å². The van der Waals surface area contributed by atoms with E-state index in [0.717, 1.165) is 50.1 Å². The minimum Gasteiger partial charge on any atom is -0.237 e. The molecule has 0 amide bonds. The van der Waals surface area contributed by atoms with Crippen molar-refractivity contribution in [2.24, 2.45) is 0 Å². The van der Waals surface area contributed by atoms with Crippen LogP contribution in [0.15, 0.2) is 231 Å². The van der Waals surface area contributed by atoms with E-state index in [4.69, 9.17) is 21.5 Å². The first-order chi connectivity index (χ1) is 33.6. The molecule has 0 atom stereocenters. The summed E-state index contributed by atoms with van der Waals surface area (Å²) in [6.07, 6.45) is 0. The molecule has 0 saturated carbocycles. The van der Waals surface area contributed by atoms with Crippen molar-refractivity contribution in [1.29, 1.82) is 0 Å². The Labute approximate surface area is 394 Å². The molecule has 1 aliphatic carbocycles. The SMILES string of the molecule is [C-]#[N+]c1cccc(-c2cccc(-c3ccc(-c4cccc5c4ccc4ccccc45)cc3)c2)c1-c1ccc(-c2nc(-c3ccccc3)nc(-c3ccc4c(c3)-c3cccc5cccc-4c35)n2)cc1. The van der Waals surface area contributed by atoms with Gasteiger partial charge in [0.25, 0.3) is 0 Å². The van der Waals surface area contributed by atoms with Crippen molar-refractivity contribution in [2.45, 2.75) is 0 Å². The van der Waals surface area contributed by atoms with E-state index in [1.54, 1.807) is 0 Å². The van der Waals surface area contributed by atoms with Crippen LogP contribution in [0.5, 0.6) is 0 Å². The lowest BCUT2D eigenvalue weighted by Crippen LogP contribution is -2.00. The molecule has 11 aromatic carbocycles. The van der Waals surface area contributed by atoms with Crippen molar-refractivity contribution in [3.05, 3.63) is 242 Å². The van der Waals surface area contributed by atoms with Crippen LogP contribution in [-0.4, -0.2) is 15.0 Å². The van der Waals surface area contributed by atoms with Gasteiger partial charge >= 0.3 is 0 Å². The maximum Gasteiger partial charge on any atom is 0.195 e. The average molecular weight is 863 g/mol. The second-order valence-electron chi connectivity index (χ2n) is 17.4. The highest BCUT2D eigenvalue weighted by molar-refractivity contribution is 6.16. The second kappa shape index (κ2) is 16.0. The fourth-order valence-electron chi connectivity index (χ4n) is 10.2. The van der Waals surface area contributed by atoms with Crippen LogP contribution in [0.3, 0.4) is 0 Å². The molecule has 0 aliphatic heterocycles. The Morgan fingerprint density at radius 3 is 1.62 bits per heavy atom. The minimum absolute atomic E-state index is 0.581. The first kappa shape index (κ1) is 39.1. The molecule has 1 aromatic heterocycles. The van der Waals surface area contributed by atoms with Gasteiger partial charge in [-0.25, -0.2) is 19.8 Å². The van der Waals surface area contributed by atoms with E-state index in [9.17, 15) is 0 Å². The Bertz CT molecular complexity index is 4010. The molecule has 1 heterocycles. The lowest BCUT2D eigenvalue weighted by Gasteiger charge is -2.15. The maximum absolute atomic E-state index is 8.25. The van der Waals surface area contributed by atoms with Crippen LogP contribution in [0.4, 0.5) is 5.69 Å². The number of nitrogens with zero attached hydrogens (tertiary/aromatic N) is 4. The molecule has 68 heavy (non-hydrogen) atoms.